The van der Waals surface area contributed by atoms with Crippen molar-refractivity contribution in [3.63, 3.8) is 0 Å². The van der Waals surface area contributed by atoms with Crippen molar-refractivity contribution in [3.05, 3.63) is 33.4 Å². The second-order valence-electron chi connectivity index (χ2n) is 5.03. The third-order valence-corrected chi connectivity index (χ3v) is 4.55. The van der Waals surface area contributed by atoms with Gasteiger partial charge in [-0.15, -0.1) is 0 Å². The zero-order valence-electron chi connectivity index (χ0n) is 11.3. The summed E-state index contributed by atoms with van der Waals surface area (Å²) >= 11 is 3.40. The van der Waals surface area contributed by atoms with E-state index in [1.165, 1.54) is 0 Å². The van der Waals surface area contributed by atoms with Gasteiger partial charge in [-0.25, -0.2) is 0 Å². The fourth-order valence-electron chi connectivity index (χ4n) is 2.55. The van der Waals surface area contributed by atoms with Crippen molar-refractivity contribution in [3.8, 4) is 0 Å². The van der Waals surface area contributed by atoms with Crippen molar-refractivity contribution in [1.82, 2.24) is 20.3 Å². The molecule has 3 rings (SSSR count). The Hall–Kier alpha value is -1.63. The molecule has 0 spiro atoms. The number of aryl methyl sites for hydroxylation is 2. The summed E-state index contributed by atoms with van der Waals surface area (Å²) in [6, 6.07) is 1.87. The first kappa shape index (κ1) is 13.4. The number of halogens is 1. The number of hydrogen-bond donors (Lipinski definition) is 1. The van der Waals surface area contributed by atoms with E-state index in [0.29, 0.717) is 12.2 Å². The number of nitrogens with zero attached hydrogens (tertiary/aromatic N) is 3. The van der Waals surface area contributed by atoms with Crippen LogP contribution in [-0.4, -0.2) is 32.7 Å². The van der Waals surface area contributed by atoms with E-state index in [1.807, 2.05) is 24.8 Å². The average molecular weight is 339 g/mol. The van der Waals surface area contributed by atoms with E-state index in [0.717, 1.165) is 34.5 Å². The van der Waals surface area contributed by atoms with E-state index in [-0.39, 0.29) is 11.9 Å². The Morgan fingerprint density at radius 3 is 2.95 bits per heavy atom. The van der Waals surface area contributed by atoms with Gasteiger partial charge in [0.25, 0.3) is 5.91 Å². The highest BCUT2D eigenvalue weighted by atomic mass is 79.9. The van der Waals surface area contributed by atoms with Crippen molar-refractivity contribution >= 4 is 21.8 Å². The van der Waals surface area contributed by atoms with E-state index in [1.54, 1.807) is 0 Å². The molecule has 1 N–H and O–H groups in total. The first-order chi connectivity index (χ1) is 9.58. The third kappa shape index (κ3) is 2.15. The lowest BCUT2D eigenvalue weighted by atomic mass is 10.1. The van der Waals surface area contributed by atoms with E-state index >= 15 is 0 Å². The molecule has 6 nitrogen and oxygen atoms in total. The van der Waals surface area contributed by atoms with Gasteiger partial charge in [0.2, 0.25) is 0 Å². The zero-order chi connectivity index (χ0) is 14.3. The molecule has 0 unspecified atom stereocenters. The van der Waals surface area contributed by atoms with Gasteiger partial charge in [-0.3, -0.25) is 9.89 Å². The molecule has 0 radical (unpaired) electrons. The maximum absolute atomic E-state index is 12.6. The monoisotopic (exact) mass is 338 g/mol. The number of likely N-dealkylation sites (tertiary alicyclic amines) is 1. The Kier molecular flexibility index (Phi) is 3.37. The molecule has 2 aromatic heterocycles. The molecule has 3 heterocycles. The van der Waals surface area contributed by atoms with E-state index in [9.17, 15) is 4.79 Å². The summed E-state index contributed by atoms with van der Waals surface area (Å²) in [4.78, 5) is 14.4. The summed E-state index contributed by atoms with van der Waals surface area (Å²) in [5, 5.41) is 11.0. The van der Waals surface area contributed by atoms with E-state index in [2.05, 4.69) is 31.3 Å². The lowest BCUT2D eigenvalue weighted by Crippen LogP contribution is -2.31. The van der Waals surface area contributed by atoms with Crippen LogP contribution in [0.25, 0.3) is 0 Å². The molecule has 1 atom stereocenters. The molecule has 0 aliphatic carbocycles. The van der Waals surface area contributed by atoms with E-state index in [4.69, 9.17) is 4.52 Å². The molecule has 7 heteroatoms. The minimum Gasteiger partial charge on any atom is -0.361 e. The molecule has 1 amide bonds. The largest absolute Gasteiger partial charge is 0.361 e. The van der Waals surface area contributed by atoms with Crippen LogP contribution in [-0.2, 0) is 0 Å². The number of H-pyrrole nitrogens is 1. The highest BCUT2D eigenvalue weighted by molar-refractivity contribution is 9.10. The smallest absolute Gasteiger partial charge is 0.276 e. The highest BCUT2D eigenvalue weighted by Gasteiger charge is 2.34. The Bertz CT molecular complexity index is 649. The molecule has 1 fully saturated rings. The second-order valence-corrected chi connectivity index (χ2v) is 5.82. The first-order valence-corrected chi connectivity index (χ1v) is 7.32. The van der Waals surface area contributed by atoms with Crippen molar-refractivity contribution in [2.24, 2.45) is 0 Å². The molecule has 0 bridgehead atoms. The number of rotatable bonds is 2. The van der Waals surface area contributed by atoms with Crippen LogP contribution in [0.4, 0.5) is 0 Å². The number of nitrogens with one attached hydrogen (secondary N) is 1. The van der Waals surface area contributed by atoms with Crippen LogP contribution in [0.3, 0.4) is 0 Å². The average Bonchev–Trinajstić information content (AvgIpc) is 3.11. The van der Waals surface area contributed by atoms with Gasteiger partial charge in [0.05, 0.1) is 10.5 Å². The molecule has 0 saturated carbocycles. The summed E-state index contributed by atoms with van der Waals surface area (Å²) in [6.45, 7) is 4.44. The molecule has 106 valence electrons. The maximum Gasteiger partial charge on any atom is 0.276 e. The number of carbonyl (C=O) groups is 1. The van der Waals surface area contributed by atoms with Gasteiger partial charge in [0.1, 0.15) is 11.5 Å². The van der Waals surface area contributed by atoms with Gasteiger partial charge in [-0.2, -0.15) is 5.10 Å². The summed E-state index contributed by atoms with van der Waals surface area (Å²) in [6.07, 6.45) is 1.86. The van der Waals surface area contributed by atoms with Crippen LogP contribution in [0.15, 0.2) is 15.1 Å². The second kappa shape index (κ2) is 5.05. The summed E-state index contributed by atoms with van der Waals surface area (Å²) < 4.78 is 5.85. The lowest BCUT2D eigenvalue weighted by molar-refractivity contribution is 0.0724. The first-order valence-electron chi connectivity index (χ1n) is 6.52. The zero-order valence-corrected chi connectivity index (χ0v) is 12.9. The lowest BCUT2D eigenvalue weighted by Gasteiger charge is -2.22. The number of aromatic amines is 1. The quantitative estimate of drug-likeness (QED) is 0.913. The standard InChI is InChI=1S/C13H15BrN4O2/c1-7-6-9(17-20-7)10-4-3-5-18(10)13(19)12-11(14)8(2)15-16-12/h6,10H,3-5H2,1-2H3,(H,15,16)/t10-/m1/s1. The van der Waals surface area contributed by atoms with Crippen LogP contribution in [0.1, 0.15) is 46.5 Å². The number of carbonyl (C=O) groups excluding carboxylic acids is 1. The molecular formula is C13H15BrN4O2. The van der Waals surface area contributed by atoms with Gasteiger partial charge in [0.15, 0.2) is 5.69 Å². The van der Waals surface area contributed by atoms with Crippen molar-refractivity contribution in [2.75, 3.05) is 6.54 Å². The Morgan fingerprint density at radius 1 is 1.55 bits per heavy atom. The van der Waals surface area contributed by atoms with E-state index < -0.39 is 0 Å². The van der Waals surface area contributed by atoms with Crippen molar-refractivity contribution in [1.29, 1.82) is 0 Å². The van der Waals surface area contributed by atoms with Gasteiger partial charge in [-0.05, 0) is 42.6 Å². The Labute approximate surface area is 124 Å². The SMILES string of the molecule is Cc1cc([C@H]2CCCN2C(=O)c2n[nH]c(C)c2Br)no1. The fraction of sp³-hybridized carbons (Fsp3) is 0.462. The Morgan fingerprint density at radius 2 is 2.35 bits per heavy atom. The highest BCUT2D eigenvalue weighted by Crippen LogP contribution is 2.33. The number of amides is 1. The topological polar surface area (TPSA) is 75.0 Å². The van der Waals surface area contributed by atoms with Crippen LogP contribution < -0.4 is 0 Å². The molecule has 0 aromatic carbocycles. The predicted octanol–water partition coefficient (Wildman–Crippen LogP) is 2.75. The van der Waals surface area contributed by atoms with Gasteiger partial charge < -0.3 is 9.42 Å². The van der Waals surface area contributed by atoms with Crippen LogP contribution in [0.2, 0.25) is 0 Å². The molecule has 1 saturated heterocycles. The number of hydrogen-bond acceptors (Lipinski definition) is 4. The normalized spacial score (nSPS) is 18.8. The number of aromatic nitrogens is 3. The molecule has 20 heavy (non-hydrogen) atoms. The maximum atomic E-state index is 12.6. The van der Waals surface area contributed by atoms with Crippen LogP contribution in [0.5, 0.6) is 0 Å². The van der Waals surface area contributed by atoms with Crippen LogP contribution in [0, 0.1) is 13.8 Å². The summed E-state index contributed by atoms with van der Waals surface area (Å²) in [5.74, 6) is 0.681. The Balaban J connectivity index is 1.89. The van der Waals surface area contributed by atoms with Crippen molar-refractivity contribution in [2.45, 2.75) is 32.7 Å². The fourth-order valence-corrected chi connectivity index (χ4v) is 2.90. The van der Waals surface area contributed by atoms with Crippen molar-refractivity contribution < 1.29 is 9.32 Å². The minimum absolute atomic E-state index is 0.0242. The predicted molar refractivity (Wildman–Crippen MR) is 75.3 cm³/mol. The molecule has 1 aliphatic rings. The molecule has 2 aromatic rings. The minimum atomic E-state index is -0.0793. The van der Waals surface area contributed by atoms with Gasteiger partial charge in [-0.1, -0.05) is 5.16 Å². The third-order valence-electron chi connectivity index (χ3n) is 3.58. The molecule has 1 aliphatic heterocycles. The molecular weight excluding hydrogens is 324 g/mol. The summed E-state index contributed by atoms with van der Waals surface area (Å²) in [5.41, 5.74) is 2.09. The van der Waals surface area contributed by atoms with Crippen LogP contribution >= 0.6 is 15.9 Å². The van der Waals surface area contributed by atoms with Gasteiger partial charge >= 0.3 is 0 Å². The summed E-state index contributed by atoms with van der Waals surface area (Å²) in [7, 11) is 0. The van der Waals surface area contributed by atoms with Gasteiger partial charge in [0, 0.05) is 18.3 Å².